The van der Waals surface area contributed by atoms with Gasteiger partial charge in [-0.25, -0.2) is 0 Å². The summed E-state index contributed by atoms with van der Waals surface area (Å²) < 4.78 is 5.02. The molecule has 0 aliphatic heterocycles. The molecule has 0 saturated heterocycles. The monoisotopic (exact) mass is 188 g/mol. The largest absolute Gasteiger partial charge is 0.350 e. The molecule has 72 valence electrons. The number of anilines is 1. The molecule has 3 nitrogen and oxygen atoms in total. The van der Waals surface area contributed by atoms with E-state index in [0.717, 1.165) is 12.2 Å². The second-order valence-corrected chi connectivity index (χ2v) is 3.17. The van der Waals surface area contributed by atoms with E-state index in [-0.39, 0.29) is 0 Å². The number of hydrogen-bond donors (Lipinski definition) is 1. The van der Waals surface area contributed by atoms with E-state index in [2.05, 4.69) is 22.6 Å². The van der Waals surface area contributed by atoms with Crippen molar-refractivity contribution in [2.45, 2.75) is 13.5 Å². The van der Waals surface area contributed by atoms with Crippen LogP contribution in [0, 0.1) is 6.92 Å². The molecule has 0 aliphatic carbocycles. The third-order valence-electron chi connectivity index (χ3n) is 1.94. The predicted octanol–water partition coefficient (Wildman–Crippen LogP) is 2.60. The van der Waals surface area contributed by atoms with Gasteiger partial charge in [0.15, 0.2) is 0 Å². The molecule has 0 unspecified atom stereocenters. The topological polar surface area (TPSA) is 38.1 Å². The van der Waals surface area contributed by atoms with Crippen molar-refractivity contribution in [3.8, 4) is 0 Å². The molecule has 0 radical (unpaired) electrons. The van der Waals surface area contributed by atoms with Crippen LogP contribution in [-0.2, 0) is 6.54 Å². The van der Waals surface area contributed by atoms with E-state index in [0.29, 0.717) is 5.88 Å². The molecule has 0 spiro atoms. The van der Waals surface area contributed by atoms with Crippen LogP contribution in [0.1, 0.15) is 11.3 Å². The molecule has 1 aromatic heterocycles. The minimum Gasteiger partial charge on any atom is -0.350 e. The van der Waals surface area contributed by atoms with Crippen molar-refractivity contribution >= 4 is 5.88 Å². The molecule has 0 fully saturated rings. The van der Waals surface area contributed by atoms with E-state index < -0.39 is 0 Å². The molecule has 1 N–H and O–H groups in total. The van der Waals surface area contributed by atoms with Crippen LogP contribution in [0.5, 0.6) is 0 Å². The highest BCUT2D eigenvalue weighted by molar-refractivity contribution is 5.32. The van der Waals surface area contributed by atoms with E-state index in [1.54, 1.807) is 0 Å². The lowest BCUT2D eigenvalue weighted by Crippen LogP contribution is -1.97. The van der Waals surface area contributed by atoms with Crippen molar-refractivity contribution in [3.05, 3.63) is 47.7 Å². The van der Waals surface area contributed by atoms with Gasteiger partial charge < -0.3 is 9.84 Å². The summed E-state index contributed by atoms with van der Waals surface area (Å²) in [6.07, 6.45) is 0. The molecule has 0 bridgehead atoms. The number of aromatic nitrogens is 1. The van der Waals surface area contributed by atoms with Gasteiger partial charge in [-0.2, -0.15) is 0 Å². The van der Waals surface area contributed by atoms with E-state index in [1.807, 2.05) is 31.2 Å². The summed E-state index contributed by atoms with van der Waals surface area (Å²) in [6.45, 7) is 2.66. The Balaban J connectivity index is 1.95. The van der Waals surface area contributed by atoms with E-state index >= 15 is 0 Å². The van der Waals surface area contributed by atoms with Gasteiger partial charge in [-0.15, -0.1) is 0 Å². The Morgan fingerprint density at radius 3 is 2.71 bits per heavy atom. The van der Waals surface area contributed by atoms with Crippen LogP contribution in [0.15, 0.2) is 40.9 Å². The van der Waals surface area contributed by atoms with Gasteiger partial charge in [0.05, 0.1) is 5.69 Å². The zero-order valence-electron chi connectivity index (χ0n) is 8.03. The maximum Gasteiger partial charge on any atom is 0.225 e. The first kappa shape index (κ1) is 8.81. The molecule has 0 atom stereocenters. The summed E-state index contributed by atoms with van der Waals surface area (Å²) in [5.74, 6) is 0.714. The lowest BCUT2D eigenvalue weighted by molar-refractivity contribution is 0.427. The van der Waals surface area contributed by atoms with Crippen LogP contribution in [-0.4, -0.2) is 5.16 Å². The zero-order chi connectivity index (χ0) is 9.80. The Morgan fingerprint density at radius 2 is 2.07 bits per heavy atom. The third kappa shape index (κ3) is 2.13. The van der Waals surface area contributed by atoms with Crippen LogP contribution in [0.25, 0.3) is 0 Å². The van der Waals surface area contributed by atoms with Crippen molar-refractivity contribution in [2.24, 2.45) is 0 Å². The standard InChI is InChI=1S/C11H12N2O/c1-9-7-11(14-13-9)12-8-10-5-3-2-4-6-10/h2-7,12H,8H2,1H3. The van der Waals surface area contributed by atoms with Gasteiger partial charge in [-0.05, 0) is 12.5 Å². The van der Waals surface area contributed by atoms with Crippen molar-refractivity contribution in [2.75, 3.05) is 5.32 Å². The molecule has 2 aromatic rings. The van der Waals surface area contributed by atoms with Gasteiger partial charge in [0, 0.05) is 12.6 Å². The van der Waals surface area contributed by atoms with Crippen molar-refractivity contribution in [3.63, 3.8) is 0 Å². The minimum atomic E-state index is 0.714. The first-order chi connectivity index (χ1) is 6.84. The quantitative estimate of drug-likeness (QED) is 0.804. The molecule has 14 heavy (non-hydrogen) atoms. The molecular formula is C11H12N2O. The number of nitrogens with one attached hydrogen (secondary N) is 1. The number of rotatable bonds is 3. The Labute approximate surface area is 82.7 Å². The summed E-state index contributed by atoms with van der Waals surface area (Å²) in [5.41, 5.74) is 2.11. The van der Waals surface area contributed by atoms with Gasteiger partial charge in [0.25, 0.3) is 0 Å². The third-order valence-corrected chi connectivity index (χ3v) is 1.94. The Kier molecular flexibility index (Phi) is 2.49. The van der Waals surface area contributed by atoms with Gasteiger partial charge >= 0.3 is 0 Å². The predicted molar refractivity (Wildman–Crippen MR) is 55.0 cm³/mol. The lowest BCUT2D eigenvalue weighted by atomic mass is 10.2. The average Bonchev–Trinajstić information content (AvgIpc) is 2.63. The SMILES string of the molecule is Cc1cc(NCc2ccccc2)on1. The Bertz CT molecular complexity index is 395. The summed E-state index contributed by atoms with van der Waals surface area (Å²) in [5, 5.41) is 6.94. The summed E-state index contributed by atoms with van der Waals surface area (Å²) >= 11 is 0. The van der Waals surface area contributed by atoms with E-state index in [1.165, 1.54) is 5.56 Å². The van der Waals surface area contributed by atoms with Gasteiger partial charge in [-0.3, -0.25) is 0 Å². The fourth-order valence-electron chi connectivity index (χ4n) is 1.23. The first-order valence-corrected chi connectivity index (χ1v) is 4.56. The number of aryl methyl sites for hydroxylation is 1. The van der Waals surface area contributed by atoms with Crippen LogP contribution >= 0.6 is 0 Å². The molecule has 1 aromatic carbocycles. The molecule has 3 heteroatoms. The molecule has 1 heterocycles. The summed E-state index contributed by atoms with van der Waals surface area (Å²) in [7, 11) is 0. The number of benzene rings is 1. The highest BCUT2D eigenvalue weighted by Crippen LogP contribution is 2.10. The fourth-order valence-corrected chi connectivity index (χ4v) is 1.23. The molecule has 0 aliphatic rings. The fraction of sp³-hybridized carbons (Fsp3) is 0.182. The highest BCUT2D eigenvalue weighted by Gasteiger charge is 1.98. The van der Waals surface area contributed by atoms with Gasteiger partial charge in [0.1, 0.15) is 0 Å². The minimum absolute atomic E-state index is 0.714. The smallest absolute Gasteiger partial charge is 0.225 e. The zero-order valence-corrected chi connectivity index (χ0v) is 8.03. The van der Waals surface area contributed by atoms with Crippen molar-refractivity contribution < 1.29 is 4.52 Å². The van der Waals surface area contributed by atoms with Gasteiger partial charge in [0.2, 0.25) is 5.88 Å². The molecule has 0 saturated carbocycles. The Hall–Kier alpha value is -1.77. The number of hydrogen-bond acceptors (Lipinski definition) is 3. The Morgan fingerprint density at radius 1 is 1.29 bits per heavy atom. The first-order valence-electron chi connectivity index (χ1n) is 4.56. The molecule has 2 rings (SSSR count). The molecular weight excluding hydrogens is 176 g/mol. The average molecular weight is 188 g/mol. The summed E-state index contributed by atoms with van der Waals surface area (Å²) in [6, 6.07) is 12.0. The van der Waals surface area contributed by atoms with Crippen molar-refractivity contribution in [1.82, 2.24) is 5.16 Å². The van der Waals surface area contributed by atoms with Crippen molar-refractivity contribution in [1.29, 1.82) is 0 Å². The van der Waals surface area contributed by atoms with E-state index in [4.69, 9.17) is 4.52 Å². The second kappa shape index (κ2) is 3.96. The van der Waals surface area contributed by atoms with Crippen LogP contribution in [0.4, 0.5) is 5.88 Å². The highest BCUT2D eigenvalue weighted by atomic mass is 16.5. The second-order valence-electron chi connectivity index (χ2n) is 3.17. The maximum atomic E-state index is 5.02. The van der Waals surface area contributed by atoms with Crippen LogP contribution < -0.4 is 5.32 Å². The van der Waals surface area contributed by atoms with Gasteiger partial charge in [-0.1, -0.05) is 35.5 Å². The molecule has 0 amide bonds. The van der Waals surface area contributed by atoms with E-state index in [9.17, 15) is 0 Å². The normalized spacial score (nSPS) is 10.1. The lowest BCUT2D eigenvalue weighted by Gasteiger charge is -2.00. The van der Waals surface area contributed by atoms with Crippen LogP contribution in [0.3, 0.4) is 0 Å². The van der Waals surface area contributed by atoms with Crippen LogP contribution in [0.2, 0.25) is 0 Å². The maximum absolute atomic E-state index is 5.02. The number of nitrogens with zero attached hydrogens (tertiary/aromatic N) is 1. The summed E-state index contributed by atoms with van der Waals surface area (Å²) in [4.78, 5) is 0.